The summed E-state index contributed by atoms with van der Waals surface area (Å²) >= 11 is 0. The second kappa shape index (κ2) is 4.79. The summed E-state index contributed by atoms with van der Waals surface area (Å²) in [6, 6.07) is 4.57. The fourth-order valence-corrected chi connectivity index (χ4v) is 3.06. The van der Waals surface area contributed by atoms with Crippen molar-refractivity contribution in [3.8, 4) is 0 Å². The molecule has 2 nitrogen and oxygen atoms in total. The van der Waals surface area contributed by atoms with Crippen LogP contribution >= 0.6 is 0 Å². The first kappa shape index (κ1) is 12.6. The molecular formula is C15H23NO. The summed E-state index contributed by atoms with van der Waals surface area (Å²) in [6.45, 7) is 12.5. The molecule has 1 saturated heterocycles. The number of hydrogen-bond donors (Lipinski definition) is 1. The summed E-state index contributed by atoms with van der Waals surface area (Å²) in [7, 11) is 0. The molecule has 0 radical (unpaired) electrons. The molecule has 1 aromatic rings. The minimum absolute atomic E-state index is 0.206. The molecule has 1 heterocycles. The summed E-state index contributed by atoms with van der Waals surface area (Å²) in [5.74, 6) is 0. The number of hydrogen-bond acceptors (Lipinski definition) is 2. The Balaban J connectivity index is 2.37. The number of ether oxygens (including phenoxy) is 1. The zero-order chi connectivity index (χ0) is 12.5. The minimum atomic E-state index is 0.206. The number of nitrogens with one attached hydrogen (secondary N) is 1. The van der Waals surface area contributed by atoms with E-state index in [1.807, 2.05) is 0 Å². The molecule has 2 rings (SSSR count). The molecule has 2 heteroatoms. The lowest BCUT2D eigenvalue weighted by atomic mass is 9.74. The first-order valence-corrected chi connectivity index (χ1v) is 6.46. The van der Waals surface area contributed by atoms with E-state index in [4.69, 9.17) is 4.74 Å². The van der Waals surface area contributed by atoms with Crippen LogP contribution in [0.2, 0.25) is 0 Å². The first-order valence-electron chi connectivity index (χ1n) is 6.46. The highest BCUT2D eigenvalue weighted by Crippen LogP contribution is 2.36. The van der Waals surface area contributed by atoms with Crippen LogP contribution in [0.25, 0.3) is 0 Å². The molecule has 0 spiro atoms. The molecule has 1 aliphatic heterocycles. The number of benzene rings is 1. The zero-order valence-electron chi connectivity index (χ0n) is 11.4. The summed E-state index contributed by atoms with van der Waals surface area (Å²) < 4.78 is 5.49. The monoisotopic (exact) mass is 233 g/mol. The van der Waals surface area contributed by atoms with E-state index in [0.717, 1.165) is 26.3 Å². The van der Waals surface area contributed by atoms with Crippen molar-refractivity contribution in [1.29, 1.82) is 0 Å². The van der Waals surface area contributed by atoms with Crippen molar-refractivity contribution >= 4 is 0 Å². The van der Waals surface area contributed by atoms with Crippen molar-refractivity contribution in [3.63, 3.8) is 0 Å². The van der Waals surface area contributed by atoms with E-state index in [1.165, 1.54) is 22.3 Å². The van der Waals surface area contributed by atoms with E-state index in [9.17, 15) is 0 Å². The van der Waals surface area contributed by atoms with Gasteiger partial charge in [0.2, 0.25) is 0 Å². The quantitative estimate of drug-likeness (QED) is 0.862. The number of aryl methyl sites for hydroxylation is 3. The van der Waals surface area contributed by atoms with Gasteiger partial charge in [-0.2, -0.15) is 0 Å². The van der Waals surface area contributed by atoms with Crippen molar-refractivity contribution in [1.82, 2.24) is 5.32 Å². The number of likely N-dealkylation sites (N-methyl/N-ethyl adjacent to an activating group) is 1. The second-order valence-electron chi connectivity index (χ2n) is 5.33. The van der Waals surface area contributed by atoms with Crippen molar-refractivity contribution in [2.45, 2.75) is 33.1 Å². The Kier molecular flexibility index (Phi) is 3.55. The van der Waals surface area contributed by atoms with Crippen LogP contribution in [0.3, 0.4) is 0 Å². The predicted molar refractivity (Wildman–Crippen MR) is 71.7 cm³/mol. The lowest BCUT2D eigenvalue weighted by Gasteiger charge is -2.44. The van der Waals surface area contributed by atoms with Crippen LogP contribution in [0.4, 0.5) is 0 Å². The van der Waals surface area contributed by atoms with Crippen LogP contribution in [-0.4, -0.2) is 26.3 Å². The summed E-state index contributed by atoms with van der Waals surface area (Å²) in [6.07, 6.45) is 0. The Morgan fingerprint density at radius 1 is 1.18 bits per heavy atom. The Bertz CT molecular complexity index is 384. The average Bonchev–Trinajstić information content (AvgIpc) is 2.19. The topological polar surface area (TPSA) is 21.3 Å². The molecule has 94 valence electrons. The lowest BCUT2D eigenvalue weighted by Crippen LogP contribution is -2.54. The van der Waals surface area contributed by atoms with Crippen LogP contribution in [0.5, 0.6) is 0 Å². The average molecular weight is 233 g/mol. The van der Waals surface area contributed by atoms with Crippen LogP contribution in [-0.2, 0) is 10.2 Å². The van der Waals surface area contributed by atoms with Crippen molar-refractivity contribution in [3.05, 3.63) is 34.4 Å². The molecule has 17 heavy (non-hydrogen) atoms. The summed E-state index contributed by atoms with van der Waals surface area (Å²) in [5, 5.41) is 3.48. The van der Waals surface area contributed by atoms with E-state index >= 15 is 0 Å². The predicted octanol–water partition coefficient (Wildman–Crippen LogP) is 2.49. The van der Waals surface area contributed by atoms with E-state index < -0.39 is 0 Å². The lowest BCUT2D eigenvalue weighted by molar-refractivity contribution is -0.0594. The van der Waals surface area contributed by atoms with Gasteiger partial charge in [0.15, 0.2) is 0 Å². The second-order valence-corrected chi connectivity index (χ2v) is 5.33. The molecule has 0 amide bonds. The van der Waals surface area contributed by atoms with E-state index in [1.54, 1.807) is 0 Å². The molecule has 1 aromatic carbocycles. The Morgan fingerprint density at radius 2 is 1.76 bits per heavy atom. The molecule has 0 bridgehead atoms. The fourth-order valence-electron chi connectivity index (χ4n) is 3.06. The molecule has 1 N–H and O–H groups in total. The molecule has 0 aliphatic carbocycles. The highest BCUT2D eigenvalue weighted by atomic mass is 16.5. The third-order valence-corrected chi connectivity index (χ3v) is 3.68. The van der Waals surface area contributed by atoms with E-state index in [0.29, 0.717) is 0 Å². The SMILES string of the molecule is CCNCC1(c2c(C)cc(C)cc2C)COC1. The normalized spacial score (nSPS) is 17.9. The molecule has 0 atom stereocenters. The van der Waals surface area contributed by atoms with Crippen molar-refractivity contribution in [2.75, 3.05) is 26.3 Å². The molecule has 1 aliphatic rings. The summed E-state index contributed by atoms with van der Waals surface area (Å²) in [4.78, 5) is 0. The third kappa shape index (κ3) is 2.24. The smallest absolute Gasteiger partial charge is 0.0598 e. The molecular weight excluding hydrogens is 210 g/mol. The standard InChI is InChI=1S/C15H23NO/c1-5-16-8-15(9-17-10-15)14-12(3)6-11(2)7-13(14)4/h6-7,16H,5,8-10H2,1-4H3. The Labute approximate surface area is 104 Å². The number of rotatable bonds is 4. The first-order chi connectivity index (χ1) is 8.09. The van der Waals surface area contributed by atoms with Crippen molar-refractivity contribution in [2.24, 2.45) is 0 Å². The van der Waals surface area contributed by atoms with Gasteiger partial charge < -0.3 is 10.1 Å². The van der Waals surface area contributed by atoms with Gasteiger partial charge in [-0.1, -0.05) is 24.6 Å². The maximum Gasteiger partial charge on any atom is 0.0598 e. The van der Waals surface area contributed by atoms with Gasteiger partial charge in [-0.15, -0.1) is 0 Å². The maximum atomic E-state index is 5.49. The highest BCUT2D eigenvalue weighted by Gasteiger charge is 2.41. The molecule has 1 fully saturated rings. The Hall–Kier alpha value is -0.860. The third-order valence-electron chi connectivity index (χ3n) is 3.68. The van der Waals surface area contributed by atoms with Gasteiger partial charge in [0.25, 0.3) is 0 Å². The molecule has 0 aromatic heterocycles. The van der Waals surface area contributed by atoms with Crippen LogP contribution in [0.1, 0.15) is 29.2 Å². The van der Waals surface area contributed by atoms with E-state index in [2.05, 4.69) is 45.1 Å². The van der Waals surface area contributed by atoms with Crippen LogP contribution in [0, 0.1) is 20.8 Å². The van der Waals surface area contributed by atoms with E-state index in [-0.39, 0.29) is 5.41 Å². The van der Waals surface area contributed by atoms with Crippen LogP contribution in [0.15, 0.2) is 12.1 Å². The van der Waals surface area contributed by atoms with Gasteiger partial charge in [0.1, 0.15) is 0 Å². The molecule has 0 unspecified atom stereocenters. The van der Waals surface area contributed by atoms with Crippen LogP contribution < -0.4 is 5.32 Å². The zero-order valence-corrected chi connectivity index (χ0v) is 11.4. The minimum Gasteiger partial charge on any atom is -0.379 e. The van der Waals surface area contributed by atoms with Gasteiger partial charge >= 0.3 is 0 Å². The van der Waals surface area contributed by atoms with Gasteiger partial charge in [-0.25, -0.2) is 0 Å². The van der Waals surface area contributed by atoms with Gasteiger partial charge in [-0.3, -0.25) is 0 Å². The van der Waals surface area contributed by atoms with Gasteiger partial charge in [-0.05, 0) is 44.0 Å². The Morgan fingerprint density at radius 3 is 2.18 bits per heavy atom. The largest absolute Gasteiger partial charge is 0.379 e. The fraction of sp³-hybridized carbons (Fsp3) is 0.600. The molecule has 0 saturated carbocycles. The maximum absolute atomic E-state index is 5.49. The summed E-state index contributed by atoms with van der Waals surface area (Å²) in [5.41, 5.74) is 5.86. The van der Waals surface area contributed by atoms with Crippen molar-refractivity contribution < 1.29 is 4.74 Å². The van der Waals surface area contributed by atoms with Gasteiger partial charge in [0.05, 0.1) is 18.6 Å². The van der Waals surface area contributed by atoms with Gasteiger partial charge in [0, 0.05) is 6.54 Å². The highest BCUT2D eigenvalue weighted by molar-refractivity contribution is 5.44.